The van der Waals surface area contributed by atoms with Crippen molar-refractivity contribution in [1.82, 2.24) is 0 Å². The van der Waals surface area contributed by atoms with E-state index in [0.717, 1.165) is 6.07 Å². The molecule has 3 aromatic rings. The predicted octanol–water partition coefficient (Wildman–Crippen LogP) is 0.547. The molecule has 117 valence electrons. The Balaban J connectivity index is 0.00000161. The van der Waals surface area contributed by atoms with E-state index < -0.39 is 5.43 Å². The minimum absolute atomic E-state index is 0. The summed E-state index contributed by atoms with van der Waals surface area (Å²) >= 11 is 0. The summed E-state index contributed by atoms with van der Waals surface area (Å²) in [5.41, 5.74) is 0.522. The van der Waals surface area contributed by atoms with Crippen LogP contribution in [-0.2, 0) is 0 Å². The number of fused-ring (bicyclic) bond motifs is 1. The SMILES string of the molecule is O.O.O=c1c(-c2ccc(O)cc2)coc2cc(O)cc(O)c12.[Na]. The van der Waals surface area contributed by atoms with E-state index >= 15 is 0 Å². The maximum atomic E-state index is 12.4. The molecule has 7 nitrogen and oxygen atoms in total. The summed E-state index contributed by atoms with van der Waals surface area (Å²) in [7, 11) is 0. The van der Waals surface area contributed by atoms with E-state index in [2.05, 4.69) is 0 Å². The molecule has 1 aromatic heterocycles. The summed E-state index contributed by atoms with van der Waals surface area (Å²) in [6.45, 7) is 0. The Bertz CT molecular complexity index is 856. The molecule has 0 saturated carbocycles. The van der Waals surface area contributed by atoms with Gasteiger partial charge in [-0.2, -0.15) is 0 Å². The average molecular weight is 329 g/mol. The Labute approximate surface area is 152 Å². The normalized spacial score (nSPS) is 9.39. The number of phenols is 3. The van der Waals surface area contributed by atoms with Gasteiger partial charge in [0, 0.05) is 41.7 Å². The largest absolute Gasteiger partial charge is 0.508 e. The van der Waals surface area contributed by atoms with E-state index in [-0.39, 0.29) is 74.3 Å². The van der Waals surface area contributed by atoms with Crippen LogP contribution in [-0.4, -0.2) is 55.8 Å². The van der Waals surface area contributed by atoms with Crippen LogP contribution in [0.4, 0.5) is 0 Å². The quantitative estimate of drug-likeness (QED) is 0.556. The average Bonchev–Trinajstić information content (AvgIpc) is 2.39. The Morgan fingerprint density at radius 3 is 2.09 bits per heavy atom. The van der Waals surface area contributed by atoms with Crippen molar-refractivity contribution in [3.63, 3.8) is 0 Å². The molecule has 0 amide bonds. The topological polar surface area (TPSA) is 154 Å². The van der Waals surface area contributed by atoms with Gasteiger partial charge in [-0.15, -0.1) is 0 Å². The third-order valence-electron chi connectivity index (χ3n) is 3.02. The van der Waals surface area contributed by atoms with Crippen molar-refractivity contribution in [2.75, 3.05) is 0 Å². The van der Waals surface area contributed by atoms with Crippen molar-refractivity contribution in [3.8, 4) is 28.4 Å². The van der Waals surface area contributed by atoms with Crippen LogP contribution in [0, 0.1) is 0 Å². The second-order valence-electron chi connectivity index (χ2n) is 4.36. The Morgan fingerprint density at radius 1 is 0.870 bits per heavy atom. The molecule has 0 aliphatic rings. The molecule has 0 unspecified atom stereocenters. The summed E-state index contributed by atoms with van der Waals surface area (Å²) in [6, 6.07) is 8.40. The molecule has 2 aromatic carbocycles. The van der Waals surface area contributed by atoms with Crippen LogP contribution in [0.3, 0.4) is 0 Å². The minimum atomic E-state index is -0.408. The molecule has 0 aliphatic carbocycles. The molecule has 7 N–H and O–H groups in total. The zero-order chi connectivity index (χ0) is 14.3. The molecule has 3 rings (SSSR count). The molecule has 0 atom stereocenters. The van der Waals surface area contributed by atoms with Crippen molar-refractivity contribution in [2.45, 2.75) is 0 Å². The molecule has 23 heavy (non-hydrogen) atoms. The van der Waals surface area contributed by atoms with Crippen LogP contribution in [0.5, 0.6) is 17.2 Å². The Morgan fingerprint density at radius 2 is 1.48 bits per heavy atom. The second-order valence-corrected chi connectivity index (χ2v) is 4.36. The van der Waals surface area contributed by atoms with Gasteiger partial charge in [0.05, 0.1) is 5.56 Å². The number of hydrogen-bond donors (Lipinski definition) is 3. The molecular weight excluding hydrogens is 315 g/mol. The van der Waals surface area contributed by atoms with Crippen molar-refractivity contribution in [3.05, 3.63) is 52.9 Å². The number of benzene rings is 2. The van der Waals surface area contributed by atoms with Gasteiger partial charge in [-0.25, -0.2) is 0 Å². The first-order valence-corrected chi connectivity index (χ1v) is 5.83. The number of hydrogen-bond acceptors (Lipinski definition) is 5. The van der Waals surface area contributed by atoms with Crippen molar-refractivity contribution < 1.29 is 30.7 Å². The van der Waals surface area contributed by atoms with E-state index in [4.69, 9.17) is 4.42 Å². The molecular formula is C15H14NaO7. The van der Waals surface area contributed by atoms with E-state index in [1.54, 1.807) is 12.1 Å². The molecule has 0 spiro atoms. The fraction of sp³-hybridized carbons (Fsp3) is 0. The van der Waals surface area contributed by atoms with Crippen LogP contribution in [0.2, 0.25) is 0 Å². The van der Waals surface area contributed by atoms with Gasteiger partial charge in [-0.3, -0.25) is 4.79 Å². The van der Waals surface area contributed by atoms with Crippen LogP contribution in [0.15, 0.2) is 51.9 Å². The predicted molar refractivity (Wildman–Crippen MR) is 85.9 cm³/mol. The zero-order valence-electron chi connectivity index (χ0n) is 12.2. The smallest absolute Gasteiger partial charge is 0.204 e. The standard InChI is InChI=1S/C15H10O5.Na.2H2O/c16-9-3-1-8(2-4-9)11-7-20-13-6-10(17)5-12(18)14(13)15(11)19;;;/h1-7,16-18H;;2*1H2. The van der Waals surface area contributed by atoms with E-state index in [1.165, 1.54) is 24.5 Å². The van der Waals surface area contributed by atoms with Crippen molar-refractivity contribution >= 4 is 40.5 Å². The third-order valence-corrected chi connectivity index (χ3v) is 3.02. The Kier molecular flexibility index (Phi) is 7.29. The summed E-state index contributed by atoms with van der Waals surface area (Å²) in [6.07, 6.45) is 1.26. The molecule has 0 aliphatic heterocycles. The molecule has 1 heterocycles. The van der Waals surface area contributed by atoms with Gasteiger partial charge in [0.1, 0.15) is 34.5 Å². The van der Waals surface area contributed by atoms with Crippen LogP contribution in [0.1, 0.15) is 0 Å². The van der Waals surface area contributed by atoms with E-state index in [9.17, 15) is 20.1 Å². The summed E-state index contributed by atoms with van der Waals surface area (Å²) in [4.78, 5) is 12.4. The van der Waals surface area contributed by atoms with E-state index in [1.807, 2.05) is 0 Å². The third kappa shape index (κ3) is 3.84. The van der Waals surface area contributed by atoms with Crippen LogP contribution >= 0.6 is 0 Å². The first-order valence-electron chi connectivity index (χ1n) is 5.83. The Hall–Kier alpha value is -2.03. The monoisotopic (exact) mass is 329 g/mol. The first-order chi connectivity index (χ1) is 9.56. The number of aromatic hydroxyl groups is 3. The zero-order valence-corrected chi connectivity index (χ0v) is 14.2. The van der Waals surface area contributed by atoms with Gasteiger partial charge in [0.15, 0.2) is 0 Å². The molecule has 8 heteroatoms. The van der Waals surface area contributed by atoms with Gasteiger partial charge in [-0.1, -0.05) is 12.1 Å². The van der Waals surface area contributed by atoms with Gasteiger partial charge in [0.2, 0.25) is 5.43 Å². The fourth-order valence-corrected chi connectivity index (χ4v) is 2.06. The molecule has 1 radical (unpaired) electrons. The minimum Gasteiger partial charge on any atom is -0.508 e. The van der Waals surface area contributed by atoms with Crippen molar-refractivity contribution in [2.24, 2.45) is 0 Å². The summed E-state index contributed by atoms with van der Waals surface area (Å²) in [5, 5.41) is 28.4. The van der Waals surface area contributed by atoms with Gasteiger partial charge >= 0.3 is 0 Å². The molecule has 0 saturated heterocycles. The second kappa shape index (κ2) is 8.00. The van der Waals surface area contributed by atoms with Gasteiger partial charge in [-0.05, 0) is 17.7 Å². The molecule has 0 bridgehead atoms. The number of phenolic OH excluding ortho intramolecular Hbond substituents is 3. The van der Waals surface area contributed by atoms with Crippen molar-refractivity contribution in [1.29, 1.82) is 0 Å². The molecule has 0 fully saturated rings. The fourth-order valence-electron chi connectivity index (χ4n) is 2.06. The van der Waals surface area contributed by atoms with Gasteiger partial charge in [0.25, 0.3) is 0 Å². The van der Waals surface area contributed by atoms with Crippen LogP contribution < -0.4 is 5.43 Å². The maximum Gasteiger partial charge on any atom is 0.204 e. The summed E-state index contributed by atoms with van der Waals surface area (Å²) in [5.74, 6) is -0.434. The maximum absolute atomic E-state index is 12.4. The number of rotatable bonds is 1. The van der Waals surface area contributed by atoms with Crippen LogP contribution in [0.25, 0.3) is 22.1 Å². The first kappa shape index (κ1) is 21.0. The van der Waals surface area contributed by atoms with Gasteiger partial charge < -0.3 is 30.7 Å². The van der Waals surface area contributed by atoms with E-state index in [0.29, 0.717) is 5.56 Å². The summed E-state index contributed by atoms with van der Waals surface area (Å²) < 4.78 is 5.29.